The van der Waals surface area contributed by atoms with Crippen LogP contribution in [0.25, 0.3) is 0 Å². The molecule has 0 radical (unpaired) electrons. The van der Waals surface area contributed by atoms with Gasteiger partial charge in [-0.25, -0.2) is 4.79 Å². The standard InChI is InChI=1S/C17H24N2O2.C2HF3O2/c1-3-18-11-14-15(12-18)19(10-9-16(14)21-2)17(20)13-7-5-4-6-8-13;3-2(4,5)1(6)7/h4-8,14-16H,3,9-12H2,1-2H3;(H,6,7)/t14-,15+,16-;/m0./s1. The van der Waals surface area contributed by atoms with Crippen LogP contribution in [0.1, 0.15) is 23.7 Å². The maximum atomic E-state index is 12.8. The van der Waals surface area contributed by atoms with Gasteiger partial charge in [0, 0.05) is 38.2 Å². The average Bonchev–Trinajstić information content (AvgIpc) is 3.11. The van der Waals surface area contributed by atoms with Crippen LogP contribution in [0.15, 0.2) is 30.3 Å². The van der Waals surface area contributed by atoms with Crippen LogP contribution in [0, 0.1) is 5.92 Å². The number of ether oxygens (including phenoxy) is 1. The Morgan fingerprint density at radius 1 is 1.21 bits per heavy atom. The molecule has 1 amide bonds. The van der Waals surface area contributed by atoms with Crippen molar-refractivity contribution < 1.29 is 32.6 Å². The first kappa shape index (κ1) is 22.2. The van der Waals surface area contributed by atoms with Gasteiger partial charge in [-0.1, -0.05) is 25.1 Å². The highest BCUT2D eigenvalue weighted by Crippen LogP contribution is 2.33. The number of hydrogen-bond donors (Lipinski definition) is 1. The molecule has 0 spiro atoms. The number of amides is 1. The predicted molar refractivity (Wildman–Crippen MR) is 96.0 cm³/mol. The van der Waals surface area contributed by atoms with Gasteiger partial charge in [0.1, 0.15) is 0 Å². The summed E-state index contributed by atoms with van der Waals surface area (Å²) < 4.78 is 37.4. The zero-order valence-corrected chi connectivity index (χ0v) is 15.9. The number of carboxylic acid groups (broad SMARTS) is 1. The Morgan fingerprint density at radius 2 is 1.82 bits per heavy atom. The van der Waals surface area contributed by atoms with Gasteiger partial charge < -0.3 is 19.6 Å². The summed E-state index contributed by atoms with van der Waals surface area (Å²) in [6, 6.07) is 9.92. The van der Waals surface area contributed by atoms with Gasteiger partial charge in [0.05, 0.1) is 12.1 Å². The number of carbonyl (C=O) groups excluding carboxylic acids is 1. The van der Waals surface area contributed by atoms with Crippen LogP contribution < -0.4 is 0 Å². The lowest BCUT2D eigenvalue weighted by Crippen LogP contribution is -2.53. The molecular formula is C19H25F3N2O4. The highest BCUT2D eigenvalue weighted by Gasteiger charge is 2.45. The molecule has 1 N–H and O–H groups in total. The lowest BCUT2D eigenvalue weighted by molar-refractivity contribution is -0.192. The molecule has 2 aliphatic rings. The maximum absolute atomic E-state index is 12.8. The Morgan fingerprint density at radius 3 is 2.32 bits per heavy atom. The second-order valence-electron chi connectivity index (χ2n) is 6.81. The molecule has 1 aromatic carbocycles. The Balaban J connectivity index is 0.000000345. The van der Waals surface area contributed by atoms with Gasteiger partial charge in [-0.3, -0.25) is 4.79 Å². The van der Waals surface area contributed by atoms with E-state index in [9.17, 15) is 18.0 Å². The Bertz CT molecular complexity index is 669. The van der Waals surface area contributed by atoms with E-state index in [0.29, 0.717) is 5.92 Å². The van der Waals surface area contributed by atoms with E-state index in [0.717, 1.165) is 38.2 Å². The number of rotatable bonds is 3. The van der Waals surface area contributed by atoms with E-state index >= 15 is 0 Å². The molecule has 28 heavy (non-hydrogen) atoms. The topological polar surface area (TPSA) is 70.1 Å². The number of methoxy groups -OCH3 is 1. The van der Waals surface area contributed by atoms with Crippen molar-refractivity contribution in [3.8, 4) is 0 Å². The zero-order valence-electron chi connectivity index (χ0n) is 15.9. The van der Waals surface area contributed by atoms with Gasteiger partial charge in [-0.2, -0.15) is 13.2 Å². The number of likely N-dealkylation sites (tertiary alicyclic amines) is 2. The summed E-state index contributed by atoms with van der Waals surface area (Å²) in [5, 5.41) is 7.12. The number of alkyl halides is 3. The molecule has 2 saturated heterocycles. The molecule has 2 fully saturated rings. The molecule has 0 bridgehead atoms. The van der Waals surface area contributed by atoms with Crippen molar-refractivity contribution in [2.75, 3.05) is 33.3 Å². The molecule has 0 saturated carbocycles. The van der Waals surface area contributed by atoms with Gasteiger partial charge in [0.25, 0.3) is 5.91 Å². The first-order valence-corrected chi connectivity index (χ1v) is 9.10. The molecule has 6 nitrogen and oxygen atoms in total. The van der Waals surface area contributed by atoms with Crippen LogP contribution in [-0.2, 0) is 9.53 Å². The number of carbonyl (C=O) groups is 2. The fourth-order valence-electron chi connectivity index (χ4n) is 3.79. The van der Waals surface area contributed by atoms with E-state index in [1.165, 1.54) is 0 Å². The molecule has 0 unspecified atom stereocenters. The van der Waals surface area contributed by atoms with Crippen LogP contribution in [0.5, 0.6) is 0 Å². The minimum atomic E-state index is -5.08. The van der Waals surface area contributed by atoms with Gasteiger partial charge in [-0.05, 0) is 25.1 Å². The number of likely N-dealkylation sites (N-methyl/N-ethyl adjacent to an activating group) is 1. The largest absolute Gasteiger partial charge is 0.490 e. The summed E-state index contributed by atoms with van der Waals surface area (Å²) in [4.78, 5) is 26.2. The molecule has 9 heteroatoms. The molecule has 2 aliphatic heterocycles. The second kappa shape index (κ2) is 9.38. The van der Waals surface area contributed by atoms with Gasteiger partial charge in [0.2, 0.25) is 0 Å². The van der Waals surface area contributed by atoms with E-state index < -0.39 is 12.1 Å². The van der Waals surface area contributed by atoms with Crippen molar-refractivity contribution in [2.24, 2.45) is 5.92 Å². The smallest absolute Gasteiger partial charge is 0.475 e. The number of aliphatic carboxylic acids is 1. The summed E-state index contributed by atoms with van der Waals surface area (Å²) >= 11 is 0. The summed E-state index contributed by atoms with van der Waals surface area (Å²) in [6.45, 7) is 6.03. The summed E-state index contributed by atoms with van der Waals surface area (Å²) in [5.74, 6) is -2.15. The molecule has 2 heterocycles. The highest BCUT2D eigenvalue weighted by molar-refractivity contribution is 5.94. The zero-order chi connectivity index (χ0) is 20.9. The van der Waals surface area contributed by atoms with Crippen molar-refractivity contribution in [1.82, 2.24) is 9.80 Å². The molecule has 3 rings (SSSR count). The van der Waals surface area contributed by atoms with Crippen LogP contribution in [0.4, 0.5) is 13.2 Å². The number of nitrogens with zero attached hydrogens (tertiary/aromatic N) is 2. The normalized spacial score (nSPS) is 24.9. The number of hydrogen-bond acceptors (Lipinski definition) is 4. The van der Waals surface area contributed by atoms with Crippen LogP contribution in [-0.4, -0.2) is 78.4 Å². The fourth-order valence-corrected chi connectivity index (χ4v) is 3.79. The number of fused-ring (bicyclic) bond motifs is 1. The molecule has 1 aromatic rings. The minimum absolute atomic E-state index is 0.165. The Kier molecular flexibility index (Phi) is 7.42. The van der Waals surface area contributed by atoms with Crippen molar-refractivity contribution >= 4 is 11.9 Å². The third-order valence-corrected chi connectivity index (χ3v) is 5.21. The van der Waals surface area contributed by atoms with Crippen molar-refractivity contribution in [1.29, 1.82) is 0 Å². The SMILES string of the molecule is CCN1C[C@@H]2[C@@H](OC)CCN(C(=O)c3ccccc3)[C@@H]2C1.O=C(O)C(F)(F)F. The number of piperidine rings is 1. The molecule has 0 aliphatic carbocycles. The van der Waals surface area contributed by atoms with Crippen molar-refractivity contribution in [3.63, 3.8) is 0 Å². The monoisotopic (exact) mass is 402 g/mol. The predicted octanol–water partition coefficient (Wildman–Crippen LogP) is 2.50. The molecule has 156 valence electrons. The lowest BCUT2D eigenvalue weighted by atomic mass is 9.88. The number of carboxylic acids is 1. The highest BCUT2D eigenvalue weighted by atomic mass is 19.4. The average molecular weight is 402 g/mol. The van der Waals surface area contributed by atoms with E-state index in [2.05, 4.69) is 16.7 Å². The third kappa shape index (κ3) is 5.23. The number of benzene rings is 1. The maximum Gasteiger partial charge on any atom is 0.490 e. The summed E-state index contributed by atoms with van der Waals surface area (Å²) in [5.41, 5.74) is 0.794. The van der Waals surface area contributed by atoms with Crippen molar-refractivity contribution in [2.45, 2.75) is 31.7 Å². The van der Waals surface area contributed by atoms with Gasteiger partial charge >= 0.3 is 12.1 Å². The van der Waals surface area contributed by atoms with E-state index in [1.807, 2.05) is 30.3 Å². The summed E-state index contributed by atoms with van der Waals surface area (Å²) in [7, 11) is 1.80. The molecule has 0 aromatic heterocycles. The minimum Gasteiger partial charge on any atom is -0.475 e. The lowest BCUT2D eigenvalue weighted by Gasteiger charge is -2.41. The number of halogens is 3. The fraction of sp³-hybridized carbons (Fsp3) is 0.579. The van der Waals surface area contributed by atoms with E-state index in [-0.39, 0.29) is 18.1 Å². The van der Waals surface area contributed by atoms with Crippen LogP contribution in [0.2, 0.25) is 0 Å². The second-order valence-corrected chi connectivity index (χ2v) is 6.81. The Hall–Kier alpha value is -2.13. The van der Waals surface area contributed by atoms with Crippen LogP contribution >= 0.6 is 0 Å². The molecule has 3 atom stereocenters. The van der Waals surface area contributed by atoms with Crippen molar-refractivity contribution in [3.05, 3.63) is 35.9 Å². The van der Waals surface area contributed by atoms with Gasteiger partial charge in [-0.15, -0.1) is 0 Å². The van der Waals surface area contributed by atoms with E-state index in [4.69, 9.17) is 14.6 Å². The third-order valence-electron chi connectivity index (χ3n) is 5.21. The summed E-state index contributed by atoms with van der Waals surface area (Å²) in [6.07, 6.45) is -3.86. The van der Waals surface area contributed by atoms with Crippen LogP contribution in [0.3, 0.4) is 0 Å². The van der Waals surface area contributed by atoms with Gasteiger partial charge in [0.15, 0.2) is 0 Å². The first-order chi connectivity index (χ1) is 13.2. The first-order valence-electron chi connectivity index (χ1n) is 9.10. The quantitative estimate of drug-likeness (QED) is 0.841. The van der Waals surface area contributed by atoms with E-state index in [1.54, 1.807) is 7.11 Å². The molecular weight excluding hydrogens is 377 g/mol. The Labute approximate surface area is 161 Å².